The summed E-state index contributed by atoms with van der Waals surface area (Å²) >= 11 is 0. The summed E-state index contributed by atoms with van der Waals surface area (Å²) in [7, 11) is 0. The van der Waals surface area contributed by atoms with Crippen LogP contribution in [0.25, 0.3) is 0 Å². The zero-order valence-electron chi connectivity index (χ0n) is 11.6. The second kappa shape index (κ2) is 5.91. The Bertz CT molecular complexity index is 281. The zero-order chi connectivity index (χ0) is 13.0. The molecule has 2 rings (SSSR count). The van der Waals surface area contributed by atoms with Crippen LogP contribution in [0.15, 0.2) is 0 Å². The Morgan fingerprint density at radius 2 is 1.89 bits per heavy atom. The second-order valence-electron chi connectivity index (χ2n) is 5.81. The molecule has 0 aliphatic heterocycles. The van der Waals surface area contributed by atoms with Gasteiger partial charge in [0.1, 0.15) is 0 Å². The summed E-state index contributed by atoms with van der Waals surface area (Å²) in [6.45, 7) is 3.42. The van der Waals surface area contributed by atoms with E-state index in [2.05, 4.69) is 12.2 Å². The number of amides is 2. The first-order valence-electron chi connectivity index (χ1n) is 7.50. The molecule has 4 heteroatoms. The van der Waals surface area contributed by atoms with Gasteiger partial charge in [0.05, 0.1) is 5.54 Å². The van der Waals surface area contributed by atoms with E-state index in [1.54, 1.807) is 0 Å². The van der Waals surface area contributed by atoms with Gasteiger partial charge in [-0.3, -0.25) is 0 Å². The Labute approximate surface area is 110 Å². The van der Waals surface area contributed by atoms with Gasteiger partial charge in [-0.05, 0) is 32.6 Å². The lowest BCUT2D eigenvalue weighted by molar-refractivity contribution is 0.121. The van der Waals surface area contributed by atoms with Crippen LogP contribution in [0.4, 0.5) is 4.79 Å². The molecule has 0 radical (unpaired) electrons. The Balaban J connectivity index is 1.99. The molecule has 2 aliphatic carbocycles. The van der Waals surface area contributed by atoms with Crippen LogP contribution in [-0.4, -0.2) is 35.6 Å². The molecule has 2 fully saturated rings. The fourth-order valence-electron chi connectivity index (χ4n) is 3.63. The van der Waals surface area contributed by atoms with Crippen LogP contribution in [0.3, 0.4) is 0 Å². The van der Waals surface area contributed by atoms with Crippen molar-refractivity contribution >= 4 is 6.03 Å². The van der Waals surface area contributed by atoms with E-state index in [0.717, 1.165) is 32.2 Å². The number of hydrogen-bond acceptors (Lipinski definition) is 2. The maximum atomic E-state index is 12.4. The lowest BCUT2D eigenvalue weighted by Crippen LogP contribution is -2.58. The van der Waals surface area contributed by atoms with E-state index >= 15 is 0 Å². The molecule has 2 saturated carbocycles. The van der Waals surface area contributed by atoms with Crippen molar-refractivity contribution in [3.63, 3.8) is 0 Å². The quantitative estimate of drug-likeness (QED) is 0.807. The predicted octanol–water partition coefficient (Wildman–Crippen LogP) is 2.23. The van der Waals surface area contributed by atoms with Crippen LogP contribution >= 0.6 is 0 Å². The van der Waals surface area contributed by atoms with E-state index in [-0.39, 0.29) is 11.6 Å². The summed E-state index contributed by atoms with van der Waals surface area (Å²) in [5.74, 6) is 0. The summed E-state index contributed by atoms with van der Waals surface area (Å²) in [6.07, 6.45) is 9.30. The fourth-order valence-corrected chi connectivity index (χ4v) is 3.63. The first-order chi connectivity index (χ1) is 8.72. The lowest BCUT2D eigenvalue weighted by atomic mass is 9.95. The van der Waals surface area contributed by atoms with Crippen molar-refractivity contribution in [1.82, 2.24) is 10.2 Å². The van der Waals surface area contributed by atoms with Crippen molar-refractivity contribution in [2.75, 3.05) is 13.1 Å². The number of carbonyl (C=O) groups is 1. The molecule has 4 nitrogen and oxygen atoms in total. The third-order valence-corrected chi connectivity index (χ3v) is 4.73. The van der Waals surface area contributed by atoms with Crippen LogP contribution < -0.4 is 11.1 Å². The molecule has 0 atom stereocenters. The van der Waals surface area contributed by atoms with Crippen molar-refractivity contribution in [3.8, 4) is 0 Å². The SMILES string of the molecule is CCN(C(=O)NC1CCCC1)C1(CN)CCCC1. The van der Waals surface area contributed by atoms with Crippen molar-refractivity contribution in [3.05, 3.63) is 0 Å². The van der Waals surface area contributed by atoms with Gasteiger partial charge in [-0.2, -0.15) is 0 Å². The van der Waals surface area contributed by atoms with Gasteiger partial charge in [-0.15, -0.1) is 0 Å². The minimum atomic E-state index is -0.0720. The molecule has 0 unspecified atom stereocenters. The van der Waals surface area contributed by atoms with Crippen molar-refractivity contribution in [1.29, 1.82) is 0 Å². The topological polar surface area (TPSA) is 58.4 Å². The van der Waals surface area contributed by atoms with Gasteiger partial charge in [0.2, 0.25) is 0 Å². The molecule has 3 N–H and O–H groups in total. The molecule has 0 aromatic rings. The minimum Gasteiger partial charge on any atom is -0.335 e. The molecule has 0 aromatic heterocycles. The van der Waals surface area contributed by atoms with Crippen molar-refractivity contribution in [2.45, 2.75) is 69.9 Å². The van der Waals surface area contributed by atoms with Gasteiger partial charge in [-0.1, -0.05) is 25.7 Å². The minimum absolute atomic E-state index is 0.0720. The molecule has 0 spiro atoms. The smallest absolute Gasteiger partial charge is 0.318 e. The van der Waals surface area contributed by atoms with Crippen LogP contribution in [0.5, 0.6) is 0 Å². The fraction of sp³-hybridized carbons (Fsp3) is 0.929. The van der Waals surface area contributed by atoms with Crippen molar-refractivity contribution < 1.29 is 4.79 Å². The Kier molecular flexibility index (Phi) is 4.49. The second-order valence-corrected chi connectivity index (χ2v) is 5.81. The van der Waals surface area contributed by atoms with E-state index < -0.39 is 0 Å². The maximum Gasteiger partial charge on any atom is 0.318 e. The van der Waals surface area contributed by atoms with Gasteiger partial charge in [0.15, 0.2) is 0 Å². The van der Waals surface area contributed by atoms with Gasteiger partial charge in [-0.25, -0.2) is 4.79 Å². The summed E-state index contributed by atoms with van der Waals surface area (Å²) in [5.41, 5.74) is 5.90. The molecule has 104 valence electrons. The maximum absolute atomic E-state index is 12.4. The Morgan fingerprint density at radius 3 is 2.39 bits per heavy atom. The summed E-state index contributed by atoms with van der Waals surface area (Å²) in [5, 5.41) is 3.20. The number of nitrogens with zero attached hydrogens (tertiary/aromatic N) is 1. The molecule has 0 aromatic carbocycles. The third kappa shape index (κ3) is 2.63. The largest absolute Gasteiger partial charge is 0.335 e. The normalized spacial score (nSPS) is 23.2. The van der Waals surface area contributed by atoms with E-state index in [4.69, 9.17) is 5.73 Å². The van der Waals surface area contributed by atoms with Crippen LogP contribution in [0.1, 0.15) is 58.3 Å². The highest BCUT2D eigenvalue weighted by Gasteiger charge is 2.40. The van der Waals surface area contributed by atoms with E-state index in [0.29, 0.717) is 12.6 Å². The van der Waals surface area contributed by atoms with Gasteiger partial charge in [0.25, 0.3) is 0 Å². The number of hydrogen-bond donors (Lipinski definition) is 2. The Morgan fingerprint density at radius 1 is 1.28 bits per heavy atom. The first-order valence-corrected chi connectivity index (χ1v) is 7.50. The number of likely N-dealkylation sites (N-methyl/N-ethyl adjacent to an activating group) is 1. The first kappa shape index (κ1) is 13.7. The number of rotatable bonds is 4. The van der Waals surface area contributed by atoms with Gasteiger partial charge >= 0.3 is 6.03 Å². The molecule has 0 bridgehead atoms. The molecular weight excluding hydrogens is 226 g/mol. The molecule has 2 aliphatic rings. The Hall–Kier alpha value is -0.770. The highest BCUT2D eigenvalue weighted by Crippen LogP contribution is 2.34. The van der Waals surface area contributed by atoms with Crippen LogP contribution in [0, 0.1) is 0 Å². The highest BCUT2D eigenvalue weighted by atomic mass is 16.2. The van der Waals surface area contributed by atoms with E-state index in [1.807, 2.05) is 4.90 Å². The van der Waals surface area contributed by atoms with E-state index in [9.17, 15) is 4.79 Å². The lowest BCUT2D eigenvalue weighted by Gasteiger charge is -2.40. The molecule has 2 amide bonds. The summed E-state index contributed by atoms with van der Waals surface area (Å²) < 4.78 is 0. The van der Waals surface area contributed by atoms with Gasteiger partial charge < -0.3 is 16.0 Å². The summed E-state index contributed by atoms with van der Waals surface area (Å²) in [6, 6.07) is 0.500. The molecule has 0 saturated heterocycles. The zero-order valence-corrected chi connectivity index (χ0v) is 11.6. The molecule has 18 heavy (non-hydrogen) atoms. The molecule has 0 heterocycles. The van der Waals surface area contributed by atoms with Crippen LogP contribution in [0.2, 0.25) is 0 Å². The van der Waals surface area contributed by atoms with Gasteiger partial charge in [0, 0.05) is 19.1 Å². The summed E-state index contributed by atoms with van der Waals surface area (Å²) in [4.78, 5) is 14.4. The standard InChI is InChI=1S/C14H27N3O/c1-2-17(14(11-15)9-5-6-10-14)13(18)16-12-7-3-4-8-12/h12H,2-11,15H2,1H3,(H,16,18). The number of nitrogens with two attached hydrogens (primary N) is 1. The number of urea groups is 1. The average molecular weight is 253 g/mol. The van der Waals surface area contributed by atoms with Crippen molar-refractivity contribution in [2.24, 2.45) is 5.73 Å². The highest BCUT2D eigenvalue weighted by molar-refractivity contribution is 5.75. The molecular formula is C14H27N3O. The monoisotopic (exact) mass is 253 g/mol. The third-order valence-electron chi connectivity index (χ3n) is 4.73. The van der Waals surface area contributed by atoms with Crippen LogP contribution in [-0.2, 0) is 0 Å². The number of carbonyl (C=O) groups excluding carboxylic acids is 1. The predicted molar refractivity (Wildman–Crippen MR) is 73.4 cm³/mol. The average Bonchev–Trinajstić information content (AvgIpc) is 3.02. The van der Waals surface area contributed by atoms with E-state index in [1.165, 1.54) is 25.7 Å². The number of nitrogens with one attached hydrogen (secondary N) is 1.